The molecule has 0 spiro atoms. The number of anilines is 1. The average molecular weight is 276 g/mol. The van der Waals surface area contributed by atoms with Gasteiger partial charge in [-0.2, -0.15) is 5.26 Å². The van der Waals surface area contributed by atoms with Crippen LogP contribution in [0.15, 0.2) is 12.4 Å². The number of rotatable bonds is 4. The van der Waals surface area contributed by atoms with Crippen LogP contribution in [0.25, 0.3) is 0 Å². The molecule has 2 atom stereocenters. The summed E-state index contributed by atoms with van der Waals surface area (Å²) in [6, 6.07) is 2.02. The first-order valence-corrected chi connectivity index (χ1v) is 6.92. The van der Waals surface area contributed by atoms with E-state index in [1.807, 2.05) is 17.9 Å². The Labute approximate surface area is 118 Å². The van der Waals surface area contributed by atoms with Crippen molar-refractivity contribution in [2.45, 2.75) is 32.3 Å². The lowest BCUT2D eigenvalue weighted by Crippen LogP contribution is -2.53. The van der Waals surface area contributed by atoms with E-state index in [9.17, 15) is 10.2 Å². The van der Waals surface area contributed by atoms with E-state index in [2.05, 4.69) is 9.97 Å². The van der Waals surface area contributed by atoms with Crippen molar-refractivity contribution in [2.75, 3.05) is 24.6 Å². The monoisotopic (exact) mass is 276 g/mol. The highest BCUT2D eigenvalue weighted by Crippen LogP contribution is 2.37. The van der Waals surface area contributed by atoms with Gasteiger partial charge in [0, 0.05) is 30.9 Å². The highest BCUT2D eigenvalue weighted by molar-refractivity contribution is 5.50. The van der Waals surface area contributed by atoms with Crippen LogP contribution >= 0.6 is 0 Å². The summed E-state index contributed by atoms with van der Waals surface area (Å²) in [5.74, 6) is 0.511. The quantitative estimate of drug-likeness (QED) is 0.840. The predicted octanol–water partition coefficient (Wildman–Crippen LogP) is 0.698. The Bertz CT molecular complexity index is 502. The van der Waals surface area contributed by atoms with Gasteiger partial charge >= 0.3 is 0 Å². The van der Waals surface area contributed by atoms with Crippen LogP contribution in [0.4, 0.5) is 5.82 Å². The molecule has 2 N–H and O–H groups in total. The van der Waals surface area contributed by atoms with Gasteiger partial charge in [0.25, 0.3) is 0 Å². The largest absolute Gasteiger partial charge is 0.396 e. The summed E-state index contributed by atoms with van der Waals surface area (Å²) < 4.78 is 0. The van der Waals surface area contributed by atoms with Gasteiger partial charge in [-0.05, 0) is 12.8 Å². The lowest BCUT2D eigenvalue weighted by molar-refractivity contribution is -0.0372. The summed E-state index contributed by atoms with van der Waals surface area (Å²) in [6.07, 6.45) is 4.80. The summed E-state index contributed by atoms with van der Waals surface area (Å²) >= 11 is 0. The molecule has 6 nitrogen and oxygen atoms in total. The average Bonchev–Trinajstić information content (AvgIpc) is 2.49. The van der Waals surface area contributed by atoms with Gasteiger partial charge in [0.2, 0.25) is 0 Å². The van der Waals surface area contributed by atoms with E-state index in [0.717, 1.165) is 12.8 Å². The van der Waals surface area contributed by atoms with Crippen LogP contribution in [0.1, 0.15) is 31.9 Å². The SMILES string of the molecule is CCC[C@]1(CO)CCN(c2nccnc2C#N)C[C@H]1O. The Balaban J connectivity index is 2.19. The maximum Gasteiger partial charge on any atom is 0.183 e. The molecule has 1 aliphatic heterocycles. The summed E-state index contributed by atoms with van der Waals surface area (Å²) in [4.78, 5) is 10.1. The third-order valence-electron chi connectivity index (χ3n) is 4.13. The van der Waals surface area contributed by atoms with Crippen molar-refractivity contribution in [1.82, 2.24) is 9.97 Å². The highest BCUT2D eigenvalue weighted by Gasteiger charge is 2.41. The molecule has 1 aromatic heterocycles. The first-order chi connectivity index (χ1) is 9.66. The number of aliphatic hydroxyl groups excluding tert-OH is 2. The second-order valence-corrected chi connectivity index (χ2v) is 5.32. The van der Waals surface area contributed by atoms with Crippen LogP contribution in [0.3, 0.4) is 0 Å². The van der Waals surface area contributed by atoms with Crippen molar-refractivity contribution in [3.8, 4) is 6.07 Å². The van der Waals surface area contributed by atoms with Crippen LogP contribution in [-0.4, -0.2) is 46.0 Å². The second-order valence-electron chi connectivity index (χ2n) is 5.32. The fourth-order valence-electron chi connectivity index (χ4n) is 2.90. The van der Waals surface area contributed by atoms with Crippen molar-refractivity contribution in [3.63, 3.8) is 0 Å². The molecule has 0 bridgehead atoms. The van der Waals surface area contributed by atoms with Crippen LogP contribution in [0.2, 0.25) is 0 Å². The Kier molecular flexibility index (Phi) is 4.53. The van der Waals surface area contributed by atoms with Crippen LogP contribution in [-0.2, 0) is 0 Å². The number of aromatic nitrogens is 2. The topological polar surface area (TPSA) is 93.3 Å². The lowest BCUT2D eigenvalue weighted by atomic mass is 9.73. The van der Waals surface area contributed by atoms with E-state index in [1.54, 1.807) is 6.20 Å². The minimum Gasteiger partial charge on any atom is -0.396 e. The first-order valence-electron chi connectivity index (χ1n) is 6.92. The molecular weight excluding hydrogens is 256 g/mol. The third-order valence-corrected chi connectivity index (χ3v) is 4.13. The third kappa shape index (κ3) is 2.60. The molecule has 20 heavy (non-hydrogen) atoms. The molecule has 2 rings (SSSR count). The van der Waals surface area contributed by atoms with Crippen molar-refractivity contribution in [1.29, 1.82) is 5.26 Å². The smallest absolute Gasteiger partial charge is 0.183 e. The fraction of sp³-hybridized carbons (Fsp3) is 0.643. The van der Waals surface area contributed by atoms with Crippen molar-refractivity contribution in [2.24, 2.45) is 5.41 Å². The van der Waals surface area contributed by atoms with Gasteiger partial charge < -0.3 is 15.1 Å². The number of β-amino-alcohol motifs (C(OH)–C–C–N with tert-alkyl or cyclic N) is 1. The van der Waals surface area contributed by atoms with Gasteiger partial charge in [0.1, 0.15) is 6.07 Å². The molecule has 1 aromatic rings. The Morgan fingerprint density at radius 3 is 2.85 bits per heavy atom. The molecule has 2 heterocycles. The summed E-state index contributed by atoms with van der Waals surface area (Å²) in [5, 5.41) is 29.1. The molecule has 1 aliphatic rings. The Morgan fingerprint density at radius 2 is 2.25 bits per heavy atom. The number of hydrogen-bond acceptors (Lipinski definition) is 6. The van der Waals surface area contributed by atoms with Gasteiger partial charge in [-0.1, -0.05) is 13.3 Å². The van der Waals surface area contributed by atoms with Crippen LogP contribution in [0.5, 0.6) is 0 Å². The van der Waals surface area contributed by atoms with Crippen molar-refractivity contribution >= 4 is 5.82 Å². The van der Waals surface area contributed by atoms with Gasteiger partial charge in [-0.25, -0.2) is 9.97 Å². The number of aliphatic hydroxyl groups is 2. The van der Waals surface area contributed by atoms with Crippen molar-refractivity contribution < 1.29 is 10.2 Å². The molecule has 0 aliphatic carbocycles. The normalized spacial score (nSPS) is 26.3. The molecule has 0 radical (unpaired) electrons. The van der Waals surface area contributed by atoms with Crippen molar-refractivity contribution in [3.05, 3.63) is 18.1 Å². The number of nitrogens with zero attached hydrogens (tertiary/aromatic N) is 4. The second kappa shape index (κ2) is 6.16. The van der Waals surface area contributed by atoms with E-state index in [4.69, 9.17) is 5.26 Å². The zero-order chi connectivity index (χ0) is 14.6. The molecule has 1 saturated heterocycles. The zero-order valence-corrected chi connectivity index (χ0v) is 11.7. The van der Waals surface area contributed by atoms with Crippen LogP contribution in [0, 0.1) is 16.7 Å². The zero-order valence-electron chi connectivity index (χ0n) is 11.7. The molecule has 108 valence electrons. The van der Waals surface area contributed by atoms with E-state index >= 15 is 0 Å². The maximum atomic E-state index is 10.4. The van der Waals surface area contributed by atoms with Gasteiger partial charge in [-0.3, -0.25) is 0 Å². The van der Waals surface area contributed by atoms with E-state index in [-0.39, 0.29) is 12.3 Å². The lowest BCUT2D eigenvalue weighted by Gasteiger charge is -2.45. The van der Waals surface area contributed by atoms with E-state index in [1.165, 1.54) is 6.20 Å². The van der Waals surface area contributed by atoms with Crippen LogP contribution < -0.4 is 4.90 Å². The minimum atomic E-state index is -0.630. The summed E-state index contributed by atoms with van der Waals surface area (Å²) in [6.45, 7) is 3.06. The van der Waals surface area contributed by atoms with Gasteiger partial charge in [-0.15, -0.1) is 0 Å². The standard InChI is InChI=1S/C14H20N4O2/c1-2-3-14(10-19)4-7-18(9-12(14)20)13-11(8-15)16-5-6-17-13/h5-6,12,19-20H,2-4,7,9-10H2,1H3/t12-,14-/m1/s1. The van der Waals surface area contributed by atoms with Gasteiger partial charge in [0.05, 0.1) is 12.7 Å². The molecule has 0 unspecified atom stereocenters. The minimum absolute atomic E-state index is 0.0125. The van der Waals surface area contributed by atoms with E-state index < -0.39 is 11.5 Å². The maximum absolute atomic E-state index is 10.4. The molecule has 6 heteroatoms. The first kappa shape index (κ1) is 14.7. The highest BCUT2D eigenvalue weighted by atomic mass is 16.3. The molecule has 0 aromatic carbocycles. The molecule has 0 amide bonds. The summed E-state index contributed by atoms with van der Waals surface area (Å²) in [5.41, 5.74) is -0.160. The molecule has 0 saturated carbocycles. The number of hydrogen-bond donors (Lipinski definition) is 2. The Morgan fingerprint density at radius 1 is 1.50 bits per heavy atom. The summed E-state index contributed by atoms with van der Waals surface area (Å²) in [7, 11) is 0. The Hall–Kier alpha value is -1.71. The van der Waals surface area contributed by atoms with E-state index in [0.29, 0.717) is 25.3 Å². The number of piperidine rings is 1. The fourth-order valence-corrected chi connectivity index (χ4v) is 2.90. The number of nitriles is 1. The molecule has 1 fully saturated rings. The van der Waals surface area contributed by atoms with Gasteiger partial charge in [0.15, 0.2) is 11.5 Å². The predicted molar refractivity (Wildman–Crippen MR) is 74.0 cm³/mol. The molecular formula is C14H20N4O2.